The number of nitrogens with one attached hydrogen (secondary N) is 3. The van der Waals surface area contributed by atoms with Crippen LogP contribution in [-0.4, -0.2) is 63.1 Å². The van der Waals surface area contributed by atoms with E-state index >= 15 is 0 Å². The molecule has 1 saturated heterocycles. The minimum absolute atomic E-state index is 0.0257. The molecule has 0 saturated carbocycles. The van der Waals surface area contributed by atoms with Crippen molar-refractivity contribution in [1.29, 1.82) is 0 Å². The number of ether oxygens (including phenoxy) is 1. The van der Waals surface area contributed by atoms with Gasteiger partial charge >= 0.3 is 0 Å². The molecule has 30 heavy (non-hydrogen) atoms. The van der Waals surface area contributed by atoms with Crippen LogP contribution < -0.4 is 20.7 Å². The first-order valence-corrected chi connectivity index (χ1v) is 11.1. The Kier molecular flexibility index (Phi) is 9.43. The van der Waals surface area contributed by atoms with E-state index in [9.17, 15) is 4.79 Å². The van der Waals surface area contributed by atoms with Crippen molar-refractivity contribution >= 4 is 11.9 Å². The molecule has 7 nitrogen and oxygen atoms in total. The van der Waals surface area contributed by atoms with Gasteiger partial charge in [-0.3, -0.25) is 14.7 Å². The lowest BCUT2D eigenvalue weighted by molar-refractivity contribution is -0.128. The minimum atomic E-state index is -0.553. The minimum Gasteiger partial charge on any atom is -0.497 e. The van der Waals surface area contributed by atoms with Crippen LogP contribution in [0.4, 0.5) is 0 Å². The van der Waals surface area contributed by atoms with E-state index in [0.29, 0.717) is 13.1 Å². The molecule has 1 fully saturated rings. The second-order valence-electron chi connectivity index (χ2n) is 8.35. The second kappa shape index (κ2) is 11.8. The van der Waals surface area contributed by atoms with Gasteiger partial charge in [-0.2, -0.15) is 0 Å². The molecule has 0 bridgehead atoms. The molecule has 1 heterocycles. The fourth-order valence-corrected chi connectivity index (χ4v) is 3.62. The Morgan fingerprint density at radius 1 is 1.10 bits per heavy atom. The van der Waals surface area contributed by atoms with Crippen molar-refractivity contribution in [1.82, 2.24) is 20.9 Å². The topological polar surface area (TPSA) is 78.0 Å². The maximum Gasteiger partial charge on any atom is 0.227 e. The van der Waals surface area contributed by atoms with E-state index in [1.54, 1.807) is 7.11 Å². The van der Waals surface area contributed by atoms with Gasteiger partial charge in [0, 0.05) is 19.6 Å². The van der Waals surface area contributed by atoms with Crippen molar-refractivity contribution < 1.29 is 9.53 Å². The highest BCUT2D eigenvalue weighted by Gasteiger charge is 2.27. The van der Waals surface area contributed by atoms with Crippen LogP contribution in [0.5, 0.6) is 5.75 Å². The number of carbonyl (C=O) groups excluding carboxylic acids is 1. The maximum atomic E-state index is 12.3. The quantitative estimate of drug-likeness (QED) is 0.403. The van der Waals surface area contributed by atoms with E-state index in [0.717, 1.165) is 37.9 Å². The SMILES string of the molecule is CCNC(=O)C(C)(C)CN=C(NCC)NCC(c1ccc(OC)cc1)N1CCCC1. The molecule has 1 aliphatic rings. The number of hydrogen-bond acceptors (Lipinski definition) is 4. The smallest absolute Gasteiger partial charge is 0.227 e. The van der Waals surface area contributed by atoms with Gasteiger partial charge in [0.15, 0.2) is 5.96 Å². The fraction of sp³-hybridized carbons (Fsp3) is 0.652. The molecule has 1 atom stereocenters. The summed E-state index contributed by atoms with van der Waals surface area (Å²) >= 11 is 0. The normalized spacial score (nSPS) is 16.2. The summed E-state index contributed by atoms with van der Waals surface area (Å²) in [5, 5.41) is 9.71. The third kappa shape index (κ3) is 6.90. The first-order chi connectivity index (χ1) is 14.4. The Hall–Kier alpha value is -2.28. The monoisotopic (exact) mass is 417 g/mol. The molecule has 1 amide bonds. The molecule has 7 heteroatoms. The predicted octanol–water partition coefficient (Wildman–Crippen LogP) is 2.55. The van der Waals surface area contributed by atoms with Crippen molar-refractivity contribution in [3.63, 3.8) is 0 Å². The van der Waals surface area contributed by atoms with Crippen molar-refractivity contribution in [2.75, 3.05) is 46.4 Å². The lowest BCUT2D eigenvalue weighted by atomic mass is 9.92. The number of likely N-dealkylation sites (tertiary alicyclic amines) is 1. The molecule has 1 aromatic rings. The van der Waals surface area contributed by atoms with Gasteiger partial charge in [0.25, 0.3) is 0 Å². The van der Waals surface area contributed by atoms with Crippen molar-refractivity contribution in [3.8, 4) is 5.75 Å². The molecule has 0 aromatic heterocycles. The molecule has 0 aliphatic carbocycles. The Labute approximate surface area is 181 Å². The fourth-order valence-electron chi connectivity index (χ4n) is 3.62. The summed E-state index contributed by atoms with van der Waals surface area (Å²) in [7, 11) is 1.69. The van der Waals surface area contributed by atoms with Gasteiger partial charge in [-0.1, -0.05) is 12.1 Å². The summed E-state index contributed by atoms with van der Waals surface area (Å²) in [4.78, 5) is 19.5. The van der Waals surface area contributed by atoms with Gasteiger partial charge < -0.3 is 20.7 Å². The Bertz CT molecular complexity index is 681. The van der Waals surface area contributed by atoms with Crippen molar-refractivity contribution in [3.05, 3.63) is 29.8 Å². The molecule has 1 aromatic carbocycles. The van der Waals surface area contributed by atoms with Gasteiger partial charge in [0.05, 0.1) is 25.1 Å². The lowest BCUT2D eigenvalue weighted by Crippen LogP contribution is -2.44. The van der Waals surface area contributed by atoms with Gasteiger partial charge in [-0.15, -0.1) is 0 Å². The van der Waals surface area contributed by atoms with Gasteiger partial charge in [0.1, 0.15) is 5.75 Å². The summed E-state index contributed by atoms with van der Waals surface area (Å²) < 4.78 is 5.31. The maximum absolute atomic E-state index is 12.3. The molecule has 3 N–H and O–H groups in total. The second-order valence-corrected chi connectivity index (χ2v) is 8.35. The van der Waals surface area contributed by atoms with Gasteiger partial charge in [-0.25, -0.2) is 0 Å². The van der Waals surface area contributed by atoms with E-state index in [4.69, 9.17) is 9.73 Å². The number of hydrogen-bond donors (Lipinski definition) is 3. The summed E-state index contributed by atoms with van der Waals surface area (Å²) in [6.45, 7) is 12.6. The van der Waals surface area contributed by atoms with E-state index in [-0.39, 0.29) is 11.9 Å². The van der Waals surface area contributed by atoms with Crippen LogP contribution >= 0.6 is 0 Å². The van der Waals surface area contributed by atoms with Crippen molar-refractivity contribution in [2.24, 2.45) is 10.4 Å². The molecule has 0 radical (unpaired) electrons. The Morgan fingerprint density at radius 2 is 1.73 bits per heavy atom. The number of methoxy groups -OCH3 is 1. The van der Waals surface area contributed by atoms with E-state index in [1.807, 2.05) is 39.8 Å². The van der Waals surface area contributed by atoms with E-state index in [1.165, 1.54) is 18.4 Å². The molecular weight excluding hydrogens is 378 g/mol. The third-order valence-corrected chi connectivity index (χ3v) is 5.47. The molecule has 0 spiro atoms. The zero-order valence-electron chi connectivity index (χ0n) is 19.3. The van der Waals surface area contributed by atoms with Crippen LogP contribution in [0.3, 0.4) is 0 Å². The number of nitrogens with zero attached hydrogens (tertiary/aromatic N) is 2. The summed E-state index contributed by atoms with van der Waals surface area (Å²) in [6.07, 6.45) is 2.48. The Morgan fingerprint density at radius 3 is 2.30 bits per heavy atom. The van der Waals surface area contributed by atoms with Gasteiger partial charge in [0.2, 0.25) is 5.91 Å². The first-order valence-electron chi connectivity index (χ1n) is 11.1. The highest BCUT2D eigenvalue weighted by molar-refractivity contribution is 5.83. The van der Waals surface area contributed by atoms with Gasteiger partial charge in [-0.05, 0) is 71.3 Å². The molecule has 1 unspecified atom stereocenters. The number of amides is 1. The average molecular weight is 418 g/mol. The van der Waals surface area contributed by atoms with Crippen molar-refractivity contribution in [2.45, 2.75) is 46.6 Å². The Balaban J connectivity index is 2.09. The van der Waals surface area contributed by atoms with Crippen LogP contribution in [0.2, 0.25) is 0 Å². The zero-order chi connectivity index (χ0) is 22.0. The zero-order valence-corrected chi connectivity index (χ0v) is 19.3. The first kappa shape index (κ1) is 24.0. The molecule has 168 valence electrons. The van der Waals surface area contributed by atoms with Crippen LogP contribution in [0.25, 0.3) is 0 Å². The summed E-state index contributed by atoms with van der Waals surface area (Å²) in [5.74, 6) is 1.64. The molecule has 2 rings (SSSR count). The standard InChI is InChI=1S/C23H39N5O2/c1-6-24-21(29)23(3,4)17-27-22(25-7-2)26-16-20(28-14-8-9-15-28)18-10-12-19(30-5)13-11-18/h10-13,20H,6-9,14-17H2,1-5H3,(H,24,29)(H2,25,26,27). The number of benzene rings is 1. The number of rotatable bonds is 10. The number of aliphatic imine (C=N–C) groups is 1. The van der Waals surface area contributed by atoms with Crippen LogP contribution in [0.1, 0.15) is 52.1 Å². The summed E-state index contributed by atoms with van der Waals surface area (Å²) in [6, 6.07) is 8.59. The summed E-state index contributed by atoms with van der Waals surface area (Å²) in [5.41, 5.74) is 0.714. The molecule has 1 aliphatic heterocycles. The number of guanidine groups is 1. The van der Waals surface area contributed by atoms with Crippen LogP contribution in [0.15, 0.2) is 29.3 Å². The molecular formula is C23H39N5O2. The largest absolute Gasteiger partial charge is 0.497 e. The average Bonchev–Trinajstić information content (AvgIpc) is 3.27. The van der Waals surface area contributed by atoms with Crippen LogP contribution in [-0.2, 0) is 4.79 Å². The third-order valence-electron chi connectivity index (χ3n) is 5.47. The highest BCUT2D eigenvalue weighted by Crippen LogP contribution is 2.26. The highest BCUT2D eigenvalue weighted by atomic mass is 16.5. The van der Waals surface area contributed by atoms with Crippen LogP contribution in [0, 0.1) is 5.41 Å². The van der Waals surface area contributed by atoms with E-state index in [2.05, 4.69) is 33.0 Å². The lowest BCUT2D eigenvalue weighted by Gasteiger charge is -2.29. The number of carbonyl (C=O) groups is 1. The van der Waals surface area contributed by atoms with E-state index < -0.39 is 5.41 Å². The predicted molar refractivity (Wildman–Crippen MR) is 123 cm³/mol.